The summed E-state index contributed by atoms with van der Waals surface area (Å²) in [6, 6.07) is 9.39. The van der Waals surface area contributed by atoms with E-state index < -0.39 is 18.6 Å². The molecule has 2 rings (SSSR count). The van der Waals surface area contributed by atoms with Gasteiger partial charge in [-0.05, 0) is 17.9 Å². The minimum absolute atomic E-state index is 0.0323. The number of halogens is 3. The van der Waals surface area contributed by atoms with Gasteiger partial charge >= 0.3 is 6.18 Å². The topological polar surface area (TPSA) is 46.3 Å². The Morgan fingerprint density at radius 3 is 2.50 bits per heavy atom. The van der Waals surface area contributed by atoms with Crippen LogP contribution in [0.4, 0.5) is 13.2 Å². The predicted molar refractivity (Wildman–Crippen MR) is 69.0 cm³/mol. The summed E-state index contributed by atoms with van der Waals surface area (Å²) in [6.07, 6.45) is -3.77. The molecule has 2 N–H and O–H groups in total. The zero-order valence-electron chi connectivity index (χ0n) is 10.9. The lowest BCUT2D eigenvalue weighted by molar-refractivity contribution is -0.161. The summed E-state index contributed by atoms with van der Waals surface area (Å²) in [7, 11) is 0. The summed E-state index contributed by atoms with van der Waals surface area (Å²) >= 11 is 0. The van der Waals surface area contributed by atoms with Crippen LogP contribution in [0.2, 0.25) is 0 Å². The molecule has 2 unspecified atom stereocenters. The molecular weight excluding hydrogens is 269 g/mol. The highest BCUT2D eigenvalue weighted by atomic mass is 19.4. The van der Waals surface area contributed by atoms with Crippen LogP contribution in [0.1, 0.15) is 17.9 Å². The normalized spacial score (nSPS) is 21.6. The standard InChI is InChI=1S/C14H17F3N2O/c15-14(16,17)9-19(7-6-18)13(20)12-8-11(12)10-4-2-1-3-5-10/h1-5,11-12H,6-9,18H2. The quantitative estimate of drug-likeness (QED) is 0.901. The molecule has 1 aromatic rings. The van der Waals surface area contributed by atoms with Gasteiger partial charge in [0.2, 0.25) is 5.91 Å². The molecule has 1 aliphatic carbocycles. The summed E-state index contributed by atoms with van der Waals surface area (Å²) < 4.78 is 37.4. The lowest BCUT2D eigenvalue weighted by Gasteiger charge is -2.23. The molecule has 0 saturated heterocycles. The molecule has 1 fully saturated rings. The summed E-state index contributed by atoms with van der Waals surface area (Å²) in [5, 5.41) is 0. The molecular formula is C14H17F3N2O. The van der Waals surface area contributed by atoms with Gasteiger partial charge in [-0.2, -0.15) is 13.2 Å². The largest absolute Gasteiger partial charge is 0.406 e. The van der Waals surface area contributed by atoms with Crippen LogP contribution < -0.4 is 5.73 Å². The number of amides is 1. The van der Waals surface area contributed by atoms with Crippen LogP contribution >= 0.6 is 0 Å². The van der Waals surface area contributed by atoms with E-state index in [0.29, 0.717) is 6.42 Å². The Morgan fingerprint density at radius 1 is 1.30 bits per heavy atom. The molecule has 0 radical (unpaired) electrons. The van der Waals surface area contributed by atoms with Crippen LogP contribution in [-0.4, -0.2) is 36.6 Å². The van der Waals surface area contributed by atoms with E-state index in [1.165, 1.54) is 0 Å². The zero-order chi connectivity index (χ0) is 14.8. The Labute approximate surface area is 115 Å². The smallest absolute Gasteiger partial charge is 0.332 e. The van der Waals surface area contributed by atoms with Crippen molar-refractivity contribution in [2.45, 2.75) is 18.5 Å². The molecule has 0 aromatic heterocycles. The number of rotatable bonds is 5. The van der Waals surface area contributed by atoms with Crippen LogP contribution in [0.3, 0.4) is 0 Å². The van der Waals surface area contributed by atoms with Crippen molar-refractivity contribution in [3.8, 4) is 0 Å². The van der Waals surface area contributed by atoms with Crippen molar-refractivity contribution in [3.63, 3.8) is 0 Å². The maximum absolute atomic E-state index is 12.5. The first kappa shape index (κ1) is 14.8. The minimum Gasteiger partial charge on any atom is -0.332 e. The Hall–Kier alpha value is -1.56. The second kappa shape index (κ2) is 5.83. The molecule has 1 amide bonds. The van der Waals surface area contributed by atoms with E-state index in [-0.39, 0.29) is 24.9 Å². The number of benzene rings is 1. The first-order valence-corrected chi connectivity index (χ1v) is 6.53. The second-order valence-corrected chi connectivity index (χ2v) is 5.02. The molecule has 2 atom stereocenters. The van der Waals surface area contributed by atoms with Gasteiger partial charge in [-0.25, -0.2) is 0 Å². The van der Waals surface area contributed by atoms with Gasteiger partial charge in [0.1, 0.15) is 6.54 Å². The van der Waals surface area contributed by atoms with E-state index in [2.05, 4.69) is 0 Å². The highest BCUT2D eigenvalue weighted by Crippen LogP contribution is 2.48. The Morgan fingerprint density at radius 2 is 1.95 bits per heavy atom. The number of nitrogens with two attached hydrogens (primary N) is 1. The summed E-state index contributed by atoms with van der Waals surface area (Å²) in [4.78, 5) is 13.0. The fourth-order valence-electron chi connectivity index (χ4n) is 2.41. The number of nitrogens with zero attached hydrogens (tertiary/aromatic N) is 1. The van der Waals surface area contributed by atoms with Gasteiger partial charge in [-0.15, -0.1) is 0 Å². The first-order chi connectivity index (χ1) is 9.42. The van der Waals surface area contributed by atoms with Crippen LogP contribution in [0, 0.1) is 5.92 Å². The van der Waals surface area contributed by atoms with Gasteiger partial charge in [0.25, 0.3) is 0 Å². The van der Waals surface area contributed by atoms with Crippen molar-refractivity contribution < 1.29 is 18.0 Å². The molecule has 3 nitrogen and oxygen atoms in total. The average Bonchev–Trinajstić information content (AvgIpc) is 3.17. The van der Waals surface area contributed by atoms with Gasteiger partial charge in [-0.1, -0.05) is 30.3 Å². The van der Waals surface area contributed by atoms with E-state index in [1.54, 1.807) is 0 Å². The fourth-order valence-corrected chi connectivity index (χ4v) is 2.41. The lowest BCUT2D eigenvalue weighted by Crippen LogP contribution is -2.42. The molecule has 0 bridgehead atoms. The summed E-state index contributed by atoms with van der Waals surface area (Å²) in [6.45, 7) is -1.25. The maximum atomic E-state index is 12.5. The van der Waals surface area contributed by atoms with E-state index in [9.17, 15) is 18.0 Å². The van der Waals surface area contributed by atoms with Crippen molar-refractivity contribution in [1.29, 1.82) is 0 Å². The number of carbonyl (C=O) groups is 1. The average molecular weight is 286 g/mol. The van der Waals surface area contributed by atoms with Crippen LogP contribution in [0.15, 0.2) is 30.3 Å². The van der Waals surface area contributed by atoms with E-state index in [0.717, 1.165) is 10.5 Å². The van der Waals surface area contributed by atoms with Crippen LogP contribution in [-0.2, 0) is 4.79 Å². The second-order valence-electron chi connectivity index (χ2n) is 5.02. The molecule has 1 aliphatic rings. The van der Waals surface area contributed by atoms with Crippen molar-refractivity contribution in [1.82, 2.24) is 4.90 Å². The molecule has 110 valence electrons. The van der Waals surface area contributed by atoms with Crippen molar-refractivity contribution >= 4 is 5.91 Å². The fraction of sp³-hybridized carbons (Fsp3) is 0.500. The predicted octanol–water partition coefficient (Wildman–Crippen LogP) is 2.14. The highest BCUT2D eigenvalue weighted by molar-refractivity contribution is 5.83. The highest BCUT2D eigenvalue weighted by Gasteiger charge is 2.47. The van der Waals surface area contributed by atoms with Crippen LogP contribution in [0.25, 0.3) is 0 Å². The van der Waals surface area contributed by atoms with E-state index in [1.807, 2.05) is 30.3 Å². The molecule has 0 aliphatic heterocycles. The molecule has 20 heavy (non-hydrogen) atoms. The molecule has 1 saturated carbocycles. The SMILES string of the molecule is NCCN(CC(F)(F)F)C(=O)C1CC1c1ccccc1. The molecule has 1 aromatic carbocycles. The van der Waals surface area contributed by atoms with E-state index >= 15 is 0 Å². The monoisotopic (exact) mass is 286 g/mol. The molecule has 0 heterocycles. The van der Waals surface area contributed by atoms with Crippen LogP contribution in [0.5, 0.6) is 0 Å². The minimum atomic E-state index is -4.39. The van der Waals surface area contributed by atoms with Crippen molar-refractivity contribution in [3.05, 3.63) is 35.9 Å². The maximum Gasteiger partial charge on any atom is 0.406 e. The third kappa shape index (κ3) is 3.72. The third-order valence-corrected chi connectivity index (χ3v) is 3.42. The number of carbonyl (C=O) groups excluding carboxylic acids is 1. The molecule has 6 heteroatoms. The number of hydrogen-bond acceptors (Lipinski definition) is 2. The Balaban J connectivity index is 2.00. The lowest BCUT2D eigenvalue weighted by atomic mass is 10.1. The first-order valence-electron chi connectivity index (χ1n) is 6.53. The zero-order valence-corrected chi connectivity index (χ0v) is 10.9. The van der Waals surface area contributed by atoms with Gasteiger partial charge in [0.15, 0.2) is 0 Å². The summed E-state index contributed by atoms with van der Waals surface area (Å²) in [5.74, 6) is -0.745. The van der Waals surface area contributed by atoms with E-state index in [4.69, 9.17) is 5.73 Å². The Kier molecular flexibility index (Phi) is 4.32. The van der Waals surface area contributed by atoms with Crippen molar-refractivity contribution in [2.24, 2.45) is 11.7 Å². The Bertz CT molecular complexity index is 461. The number of alkyl halides is 3. The number of hydrogen-bond donors (Lipinski definition) is 1. The van der Waals surface area contributed by atoms with Gasteiger partial charge in [0, 0.05) is 19.0 Å². The van der Waals surface area contributed by atoms with Crippen molar-refractivity contribution in [2.75, 3.05) is 19.6 Å². The summed E-state index contributed by atoms with van der Waals surface area (Å²) in [5.41, 5.74) is 6.30. The third-order valence-electron chi connectivity index (χ3n) is 3.42. The van der Waals surface area contributed by atoms with Gasteiger partial charge in [-0.3, -0.25) is 4.79 Å². The van der Waals surface area contributed by atoms with Gasteiger partial charge < -0.3 is 10.6 Å². The molecule has 0 spiro atoms. The van der Waals surface area contributed by atoms with Gasteiger partial charge in [0.05, 0.1) is 0 Å².